The molecule has 1 aliphatic heterocycles. The fourth-order valence-corrected chi connectivity index (χ4v) is 2.76. The third-order valence-electron chi connectivity index (χ3n) is 4.13. The van der Waals surface area contributed by atoms with E-state index in [9.17, 15) is 14.9 Å². The first-order valence-corrected chi connectivity index (χ1v) is 7.08. The van der Waals surface area contributed by atoms with Crippen molar-refractivity contribution in [1.29, 1.82) is 0 Å². The Morgan fingerprint density at radius 1 is 1.43 bits per heavy atom. The van der Waals surface area contributed by atoms with Crippen molar-refractivity contribution >= 4 is 11.6 Å². The van der Waals surface area contributed by atoms with Gasteiger partial charge in [-0.05, 0) is 43.9 Å². The number of nitro benzene ring substituents is 1. The van der Waals surface area contributed by atoms with E-state index in [0.717, 1.165) is 29.5 Å². The van der Waals surface area contributed by atoms with Crippen LogP contribution in [0.1, 0.15) is 41.3 Å². The van der Waals surface area contributed by atoms with E-state index in [4.69, 9.17) is 0 Å². The Morgan fingerprint density at radius 2 is 2.05 bits per heavy atom. The zero-order valence-corrected chi connectivity index (χ0v) is 12.7. The first kappa shape index (κ1) is 15.2. The van der Waals surface area contributed by atoms with Gasteiger partial charge in [0.05, 0.1) is 4.92 Å². The highest BCUT2D eigenvalue weighted by atomic mass is 16.6. The first-order chi connectivity index (χ1) is 9.85. The number of carbonyl (C=O) groups is 1. The summed E-state index contributed by atoms with van der Waals surface area (Å²) in [4.78, 5) is 25.2. The van der Waals surface area contributed by atoms with E-state index in [-0.39, 0.29) is 23.2 Å². The van der Waals surface area contributed by atoms with E-state index < -0.39 is 4.92 Å². The molecule has 1 heterocycles. The van der Waals surface area contributed by atoms with Crippen LogP contribution in [0.5, 0.6) is 0 Å². The first-order valence-electron chi connectivity index (χ1n) is 7.08. The lowest BCUT2D eigenvalue weighted by Gasteiger charge is -2.23. The van der Waals surface area contributed by atoms with Crippen LogP contribution in [0.4, 0.5) is 5.69 Å². The van der Waals surface area contributed by atoms with Crippen molar-refractivity contribution in [2.75, 3.05) is 6.54 Å². The molecule has 0 unspecified atom stereocenters. The van der Waals surface area contributed by atoms with Gasteiger partial charge in [-0.25, -0.2) is 0 Å². The topological polar surface area (TPSA) is 63.5 Å². The summed E-state index contributed by atoms with van der Waals surface area (Å²) < 4.78 is 0. The van der Waals surface area contributed by atoms with Crippen LogP contribution in [0.15, 0.2) is 24.3 Å². The highest BCUT2D eigenvalue weighted by Crippen LogP contribution is 2.30. The Bertz CT molecular complexity index is 622. The Labute approximate surface area is 124 Å². The van der Waals surface area contributed by atoms with E-state index in [1.165, 1.54) is 6.07 Å². The van der Waals surface area contributed by atoms with Crippen molar-refractivity contribution in [2.45, 2.75) is 39.7 Å². The quantitative estimate of drug-likeness (QED) is 0.486. The monoisotopic (exact) mass is 288 g/mol. The Kier molecular flexibility index (Phi) is 4.11. The highest BCUT2D eigenvalue weighted by molar-refractivity contribution is 5.99. The van der Waals surface area contributed by atoms with Gasteiger partial charge in [-0.3, -0.25) is 14.9 Å². The normalized spacial score (nSPS) is 18.1. The molecule has 1 atom stereocenters. The molecule has 0 N–H and O–H groups in total. The number of benzene rings is 1. The zero-order valence-electron chi connectivity index (χ0n) is 12.7. The number of hydrogen-bond donors (Lipinski definition) is 0. The van der Waals surface area contributed by atoms with Crippen LogP contribution < -0.4 is 0 Å². The van der Waals surface area contributed by atoms with Crippen molar-refractivity contribution in [2.24, 2.45) is 0 Å². The summed E-state index contributed by atoms with van der Waals surface area (Å²) in [7, 11) is 0. The summed E-state index contributed by atoms with van der Waals surface area (Å²) in [6.07, 6.45) is 1.60. The number of hydrogen-bond acceptors (Lipinski definition) is 3. The third kappa shape index (κ3) is 2.82. The minimum absolute atomic E-state index is 0.0891. The second-order valence-electron chi connectivity index (χ2n) is 5.66. The molecule has 0 spiro atoms. The fraction of sp³-hybridized carbons (Fsp3) is 0.438. The van der Waals surface area contributed by atoms with Crippen molar-refractivity contribution in [3.05, 3.63) is 51.1 Å². The van der Waals surface area contributed by atoms with Crippen LogP contribution in [0.25, 0.3) is 0 Å². The Balaban J connectivity index is 2.45. The average molecular weight is 288 g/mol. The van der Waals surface area contributed by atoms with Gasteiger partial charge in [0.2, 0.25) is 0 Å². The minimum Gasteiger partial charge on any atom is -0.331 e. The summed E-state index contributed by atoms with van der Waals surface area (Å²) in [6.45, 7) is 10.1. The summed E-state index contributed by atoms with van der Waals surface area (Å²) in [5.74, 6) is -0.268. The zero-order chi connectivity index (χ0) is 15.7. The molecule has 5 nitrogen and oxygen atoms in total. The summed E-state index contributed by atoms with van der Waals surface area (Å²) in [5.41, 5.74) is 2.76. The second-order valence-corrected chi connectivity index (χ2v) is 5.66. The summed E-state index contributed by atoms with van der Waals surface area (Å²) >= 11 is 0. The largest absolute Gasteiger partial charge is 0.331 e. The molecule has 1 amide bonds. The standard InChI is InChI=1S/C16H20N2O3/c1-5-13-6-10(2)9-17(13)16(19)14-7-11(3)12(4)8-15(14)18(20)21/h7-8,13H,2,5-6,9H2,1,3-4H3/t13-/m1/s1. The predicted octanol–water partition coefficient (Wildman–Crippen LogP) is 3.39. The van der Waals surface area contributed by atoms with Gasteiger partial charge in [0, 0.05) is 18.7 Å². The molecule has 1 fully saturated rings. The lowest BCUT2D eigenvalue weighted by atomic mass is 10.0. The van der Waals surface area contributed by atoms with E-state index in [0.29, 0.717) is 6.54 Å². The molecule has 1 aliphatic rings. The van der Waals surface area contributed by atoms with E-state index >= 15 is 0 Å². The second kappa shape index (κ2) is 5.68. The van der Waals surface area contributed by atoms with Gasteiger partial charge in [0.15, 0.2) is 0 Å². The molecule has 0 aliphatic carbocycles. The number of amides is 1. The number of aryl methyl sites for hydroxylation is 2. The molecule has 0 radical (unpaired) electrons. The molecule has 112 valence electrons. The van der Waals surface area contributed by atoms with Crippen molar-refractivity contribution in [1.82, 2.24) is 4.90 Å². The van der Waals surface area contributed by atoms with Crippen molar-refractivity contribution in [3.63, 3.8) is 0 Å². The lowest BCUT2D eigenvalue weighted by molar-refractivity contribution is -0.385. The molecular weight excluding hydrogens is 268 g/mol. The van der Waals surface area contributed by atoms with Crippen LogP contribution >= 0.6 is 0 Å². The van der Waals surface area contributed by atoms with Gasteiger partial charge >= 0.3 is 0 Å². The van der Waals surface area contributed by atoms with Gasteiger partial charge in [-0.1, -0.05) is 19.1 Å². The maximum atomic E-state index is 12.7. The molecule has 21 heavy (non-hydrogen) atoms. The molecular formula is C16H20N2O3. The van der Waals surface area contributed by atoms with Crippen molar-refractivity contribution in [3.8, 4) is 0 Å². The average Bonchev–Trinajstić information content (AvgIpc) is 2.81. The van der Waals surface area contributed by atoms with Crippen LogP contribution in [-0.2, 0) is 0 Å². The Morgan fingerprint density at radius 3 is 2.62 bits per heavy atom. The maximum absolute atomic E-state index is 12.7. The number of rotatable bonds is 3. The molecule has 0 aromatic heterocycles. The van der Waals surface area contributed by atoms with Crippen LogP contribution in [0.2, 0.25) is 0 Å². The summed E-state index contributed by atoms with van der Waals surface area (Å²) in [5, 5.41) is 11.2. The number of likely N-dealkylation sites (tertiary alicyclic amines) is 1. The Hall–Kier alpha value is -2.17. The fourth-order valence-electron chi connectivity index (χ4n) is 2.76. The van der Waals surface area contributed by atoms with Crippen LogP contribution in [0.3, 0.4) is 0 Å². The van der Waals surface area contributed by atoms with Gasteiger partial charge < -0.3 is 4.90 Å². The predicted molar refractivity (Wildman–Crippen MR) is 81.4 cm³/mol. The lowest BCUT2D eigenvalue weighted by Crippen LogP contribution is -2.35. The molecule has 1 aromatic carbocycles. The summed E-state index contributed by atoms with van der Waals surface area (Å²) in [6, 6.07) is 3.20. The van der Waals surface area contributed by atoms with Gasteiger partial charge in [0.1, 0.15) is 5.56 Å². The molecule has 5 heteroatoms. The SMILES string of the molecule is C=C1C[C@@H](CC)N(C(=O)c2cc(C)c(C)cc2[N+](=O)[O-])C1. The van der Waals surface area contributed by atoms with E-state index in [2.05, 4.69) is 6.58 Å². The third-order valence-corrected chi connectivity index (χ3v) is 4.13. The van der Waals surface area contributed by atoms with Gasteiger partial charge in [0.25, 0.3) is 11.6 Å². The number of carbonyl (C=O) groups excluding carboxylic acids is 1. The highest BCUT2D eigenvalue weighted by Gasteiger charge is 2.33. The molecule has 2 rings (SSSR count). The van der Waals surface area contributed by atoms with Gasteiger partial charge in [-0.2, -0.15) is 0 Å². The van der Waals surface area contributed by atoms with Crippen molar-refractivity contribution < 1.29 is 9.72 Å². The molecule has 0 saturated carbocycles. The number of nitrogens with zero attached hydrogens (tertiary/aromatic N) is 2. The smallest absolute Gasteiger partial charge is 0.282 e. The van der Waals surface area contributed by atoms with E-state index in [1.54, 1.807) is 11.0 Å². The van der Waals surface area contributed by atoms with Crippen LogP contribution in [-0.4, -0.2) is 28.3 Å². The molecule has 1 saturated heterocycles. The van der Waals surface area contributed by atoms with E-state index in [1.807, 2.05) is 20.8 Å². The van der Waals surface area contributed by atoms with Crippen LogP contribution in [0, 0.1) is 24.0 Å². The molecule has 0 bridgehead atoms. The van der Waals surface area contributed by atoms with Gasteiger partial charge in [-0.15, -0.1) is 0 Å². The maximum Gasteiger partial charge on any atom is 0.282 e. The molecule has 1 aromatic rings. The number of nitro groups is 1. The minimum atomic E-state index is -0.481.